The first-order valence-corrected chi connectivity index (χ1v) is 5.83. The van der Waals surface area contributed by atoms with E-state index in [2.05, 4.69) is 21.4 Å². The van der Waals surface area contributed by atoms with Crippen molar-refractivity contribution in [2.45, 2.75) is 0 Å². The summed E-state index contributed by atoms with van der Waals surface area (Å²) in [6.45, 7) is 0. The predicted octanol–water partition coefficient (Wildman–Crippen LogP) is 1.88. The number of hydrogen-bond acceptors (Lipinski definition) is 3. The largest absolute Gasteiger partial charge is 0.327 e. The molecular formula is C6H10N2S2. The van der Waals surface area contributed by atoms with E-state index >= 15 is 0 Å². The van der Waals surface area contributed by atoms with E-state index in [0.29, 0.717) is 0 Å². The lowest BCUT2D eigenvalue weighted by atomic mass is 10.5. The SMILES string of the molecule is C[SH](S)Nc1ccccn1. The maximum absolute atomic E-state index is 4.22. The molecule has 4 heteroatoms. The molecule has 0 saturated carbocycles. The van der Waals surface area contributed by atoms with Crippen molar-refractivity contribution in [1.29, 1.82) is 0 Å². The summed E-state index contributed by atoms with van der Waals surface area (Å²) in [4.78, 5) is 4.08. The van der Waals surface area contributed by atoms with Crippen molar-refractivity contribution in [1.82, 2.24) is 4.98 Å². The summed E-state index contributed by atoms with van der Waals surface area (Å²) in [6, 6.07) is 5.76. The molecule has 0 aliphatic carbocycles. The zero-order valence-electron chi connectivity index (χ0n) is 5.65. The number of nitrogens with one attached hydrogen (secondary N) is 1. The Labute approximate surface area is 68.3 Å². The summed E-state index contributed by atoms with van der Waals surface area (Å²) in [5, 5.41) is 0. The van der Waals surface area contributed by atoms with Crippen molar-refractivity contribution in [2.75, 3.05) is 11.0 Å². The topological polar surface area (TPSA) is 24.9 Å². The van der Waals surface area contributed by atoms with Crippen LogP contribution in [0, 0.1) is 0 Å². The van der Waals surface area contributed by atoms with Gasteiger partial charge in [0.2, 0.25) is 0 Å². The molecule has 0 aromatic carbocycles. The molecule has 1 heterocycles. The van der Waals surface area contributed by atoms with Crippen LogP contribution in [0.4, 0.5) is 5.82 Å². The molecule has 1 unspecified atom stereocenters. The van der Waals surface area contributed by atoms with Crippen molar-refractivity contribution in [2.24, 2.45) is 0 Å². The van der Waals surface area contributed by atoms with Crippen molar-refractivity contribution >= 4 is 27.6 Å². The van der Waals surface area contributed by atoms with Gasteiger partial charge in [-0.15, -0.1) is 21.8 Å². The third-order valence-corrected chi connectivity index (χ3v) is 1.79. The van der Waals surface area contributed by atoms with Gasteiger partial charge in [0.05, 0.1) is 0 Å². The Morgan fingerprint density at radius 1 is 1.60 bits per heavy atom. The lowest BCUT2D eigenvalue weighted by molar-refractivity contribution is 1.34. The smallest absolute Gasteiger partial charge is 0.134 e. The van der Waals surface area contributed by atoms with Gasteiger partial charge < -0.3 is 4.72 Å². The van der Waals surface area contributed by atoms with Crippen molar-refractivity contribution in [3.8, 4) is 0 Å². The predicted molar refractivity (Wildman–Crippen MR) is 51.8 cm³/mol. The number of pyridine rings is 1. The standard InChI is InChI=1S/C6H10N2S2/c1-10(9)8-6-4-2-3-5-7-6/h2-5,9-10H,1H3,(H,7,8). The highest BCUT2D eigenvalue weighted by Crippen LogP contribution is 2.24. The molecular weight excluding hydrogens is 164 g/mol. The molecule has 0 aliphatic heterocycles. The zero-order valence-corrected chi connectivity index (χ0v) is 7.44. The average Bonchev–Trinajstić information content (AvgIpc) is 1.88. The van der Waals surface area contributed by atoms with Gasteiger partial charge in [0.1, 0.15) is 5.82 Å². The summed E-state index contributed by atoms with van der Waals surface area (Å²) in [7, 11) is -0.395. The zero-order chi connectivity index (χ0) is 7.40. The van der Waals surface area contributed by atoms with E-state index in [1.165, 1.54) is 0 Å². The summed E-state index contributed by atoms with van der Waals surface area (Å²) >= 11 is 4.22. The Bertz CT molecular complexity index is 188. The Hall–Kier alpha value is -0.350. The second-order valence-corrected chi connectivity index (χ2v) is 4.92. The number of thiol groups is 2. The summed E-state index contributed by atoms with van der Waals surface area (Å²) in [5.74, 6) is 0.895. The van der Waals surface area contributed by atoms with E-state index in [0.717, 1.165) is 5.82 Å². The number of nitrogens with zero attached hydrogens (tertiary/aromatic N) is 1. The molecule has 10 heavy (non-hydrogen) atoms. The lowest BCUT2D eigenvalue weighted by Crippen LogP contribution is -1.90. The van der Waals surface area contributed by atoms with Gasteiger partial charge in [-0.3, -0.25) is 0 Å². The molecule has 1 rings (SSSR count). The molecule has 0 bridgehead atoms. The fraction of sp³-hybridized carbons (Fsp3) is 0.167. The van der Waals surface area contributed by atoms with E-state index in [4.69, 9.17) is 0 Å². The fourth-order valence-corrected chi connectivity index (χ4v) is 1.37. The molecule has 1 aromatic rings. The first-order chi connectivity index (χ1) is 4.79. The number of aromatic nitrogens is 1. The third-order valence-electron chi connectivity index (χ3n) is 0.941. The van der Waals surface area contributed by atoms with Crippen LogP contribution in [0.15, 0.2) is 24.4 Å². The van der Waals surface area contributed by atoms with E-state index < -0.39 is 10.1 Å². The minimum atomic E-state index is -0.395. The maximum atomic E-state index is 4.22. The molecule has 2 nitrogen and oxygen atoms in total. The molecule has 0 aliphatic rings. The van der Waals surface area contributed by atoms with Gasteiger partial charge in [0.15, 0.2) is 0 Å². The summed E-state index contributed by atoms with van der Waals surface area (Å²) in [6.07, 6.45) is 3.78. The Morgan fingerprint density at radius 2 is 2.40 bits per heavy atom. The van der Waals surface area contributed by atoms with Crippen LogP contribution in [0.2, 0.25) is 0 Å². The quantitative estimate of drug-likeness (QED) is 0.471. The maximum Gasteiger partial charge on any atom is 0.134 e. The molecule has 1 aromatic heterocycles. The Balaban J connectivity index is 2.59. The first kappa shape index (κ1) is 7.75. The number of anilines is 1. The Morgan fingerprint density at radius 3 is 2.90 bits per heavy atom. The highest BCUT2D eigenvalue weighted by Gasteiger charge is 1.89. The minimum absolute atomic E-state index is 0.395. The highest BCUT2D eigenvalue weighted by molar-refractivity contribution is 8.78. The molecule has 0 fully saturated rings. The van der Waals surface area contributed by atoms with E-state index in [1.807, 2.05) is 24.5 Å². The third kappa shape index (κ3) is 2.49. The van der Waals surface area contributed by atoms with Crippen LogP contribution in [-0.4, -0.2) is 11.2 Å². The number of rotatable bonds is 2. The van der Waals surface area contributed by atoms with Gasteiger partial charge >= 0.3 is 0 Å². The van der Waals surface area contributed by atoms with Gasteiger partial charge in [-0.25, -0.2) is 4.98 Å². The van der Waals surface area contributed by atoms with E-state index in [9.17, 15) is 0 Å². The van der Waals surface area contributed by atoms with Gasteiger partial charge in [0.25, 0.3) is 0 Å². The average molecular weight is 174 g/mol. The number of hydrogen-bond donors (Lipinski definition) is 3. The highest BCUT2D eigenvalue weighted by atomic mass is 33.1. The van der Waals surface area contributed by atoms with Crippen LogP contribution in [0.3, 0.4) is 0 Å². The van der Waals surface area contributed by atoms with Crippen molar-refractivity contribution in [3.63, 3.8) is 0 Å². The second kappa shape index (κ2) is 3.73. The molecule has 0 spiro atoms. The van der Waals surface area contributed by atoms with Crippen LogP contribution in [0.5, 0.6) is 0 Å². The molecule has 0 amide bonds. The normalized spacial score (nSPS) is 14.4. The Kier molecular flexibility index (Phi) is 2.89. The van der Waals surface area contributed by atoms with Crippen LogP contribution >= 0.6 is 21.8 Å². The van der Waals surface area contributed by atoms with Crippen LogP contribution in [0.1, 0.15) is 0 Å². The second-order valence-electron chi connectivity index (χ2n) is 1.85. The molecule has 0 saturated heterocycles. The lowest BCUT2D eigenvalue weighted by Gasteiger charge is -2.10. The molecule has 56 valence electrons. The summed E-state index contributed by atoms with van der Waals surface area (Å²) in [5.41, 5.74) is 0. The van der Waals surface area contributed by atoms with Crippen LogP contribution in [0.25, 0.3) is 0 Å². The summed E-state index contributed by atoms with van der Waals surface area (Å²) < 4.78 is 3.12. The van der Waals surface area contributed by atoms with Crippen LogP contribution in [-0.2, 0) is 0 Å². The van der Waals surface area contributed by atoms with E-state index in [-0.39, 0.29) is 0 Å². The van der Waals surface area contributed by atoms with Crippen molar-refractivity contribution in [3.05, 3.63) is 24.4 Å². The molecule has 1 atom stereocenters. The van der Waals surface area contributed by atoms with Gasteiger partial charge in [-0.05, 0) is 18.4 Å². The first-order valence-electron chi connectivity index (χ1n) is 2.89. The van der Waals surface area contributed by atoms with Gasteiger partial charge in [-0.2, -0.15) is 0 Å². The van der Waals surface area contributed by atoms with Crippen LogP contribution < -0.4 is 4.72 Å². The van der Waals surface area contributed by atoms with E-state index in [1.54, 1.807) is 6.20 Å². The minimum Gasteiger partial charge on any atom is -0.327 e. The van der Waals surface area contributed by atoms with Crippen molar-refractivity contribution < 1.29 is 0 Å². The monoisotopic (exact) mass is 174 g/mol. The molecule has 1 N–H and O–H groups in total. The molecule has 0 radical (unpaired) electrons. The fourth-order valence-electron chi connectivity index (χ4n) is 0.595. The van der Waals surface area contributed by atoms with Gasteiger partial charge in [0, 0.05) is 6.20 Å². The van der Waals surface area contributed by atoms with Gasteiger partial charge in [-0.1, -0.05) is 6.07 Å².